The van der Waals surface area contributed by atoms with Crippen LogP contribution in [-0.4, -0.2) is 31.9 Å². The summed E-state index contributed by atoms with van der Waals surface area (Å²) in [6, 6.07) is 14.2. The van der Waals surface area contributed by atoms with Gasteiger partial charge < -0.3 is 5.32 Å². The molecule has 0 bridgehead atoms. The molecule has 2 heterocycles. The summed E-state index contributed by atoms with van der Waals surface area (Å²) in [6.45, 7) is 0. The van der Waals surface area contributed by atoms with Crippen LogP contribution in [0.1, 0.15) is 48.4 Å². The van der Waals surface area contributed by atoms with Crippen molar-refractivity contribution in [2.75, 3.05) is 0 Å². The van der Waals surface area contributed by atoms with Gasteiger partial charge in [-0.3, -0.25) is 14.3 Å². The molecule has 1 spiro atoms. The summed E-state index contributed by atoms with van der Waals surface area (Å²) >= 11 is 0. The van der Waals surface area contributed by atoms with Crippen molar-refractivity contribution < 1.29 is 4.79 Å². The van der Waals surface area contributed by atoms with Gasteiger partial charge in [0.05, 0.1) is 17.3 Å². The van der Waals surface area contributed by atoms with Crippen LogP contribution in [0.2, 0.25) is 0 Å². The van der Waals surface area contributed by atoms with Crippen molar-refractivity contribution in [1.82, 2.24) is 25.3 Å². The standard InChI is InChI=1S/C29H27N5O2/c1-34-16-20(15-30-34)22-8-4-5-17-9-18(10-25(17)22)27(35)31-21-13-29(14-21)11-19(12-29)26-23-6-2-3-7-24(23)28(36)33-32-26/h2-9,15-16,19,21H,10-14H2,1H3,(H,31,35)(H,33,36). The summed E-state index contributed by atoms with van der Waals surface area (Å²) in [5, 5.41) is 16.3. The van der Waals surface area contributed by atoms with Gasteiger partial charge in [-0.15, -0.1) is 0 Å². The second-order valence-electron chi connectivity index (χ2n) is 10.8. The number of aromatic amines is 1. The molecule has 7 rings (SSSR count). The molecule has 2 N–H and O–H groups in total. The summed E-state index contributed by atoms with van der Waals surface area (Å²) < 4.78 is 1.80. The number of carbonyl (C=O) groups excluding carboxylic acids is 1. The van der Waals surface area contributed by atoms with E-state index < -0.39 is 0 Å². The number of aryl methyl sites for hydroxylation is 1. The highest BCUT2D eigenvalue weighted by Gasteiger charge is 2.54. The zero-order chi connectivity index (χ0) is 24.4. The minimum atomic E-state index is -0.134. The van der Waals surface area contributed by atoms with Gasteiger partial charge in [-0.2, -0.15) is 10.2 Å². The molecule has 0 saturated heterocycles. The molecule has 180 valence electrons. The molecule has 3 aliphatic carbocycles. The van der Waals surface area contributed by atoms with Gasteiger partial charge in [0.2, 0.25) is 5.91 Å². The maximum absolute atomic E-state index is 13.1. The van der Waals surface area contributed by atoms with Crippen molar-refractivity contribution in [2.45, 2.75) is 44.1 Å². The second kappa shape index (κ2) is 7.75. The predicted octanol–water partition coefficient (Wildman–Crippen LogP) is 4.11. The van der Waals surface area contributed by atoms with Gasteiger partial charge in [0.25, 0.3) is 5.56 Å². The van der Waals surface area contributed by atoms with Crippen molar-refractivity contribution in [3.05, 3.63) is 87.6 Å². The average molecular weight is 478 g/mol. The van der Waals surface area contributed by atoms with Gasteiger partial charge in [0.1, 0.15) is 0 Å². The Bertz CT molecular complexity index is 1610. The fourth-order valence-corrected chi connectivity index (χ4v) is 6.67. The second-order valence-corrected chi connectivity index (χ2v) is 10.8. The minimum Gasteiger partial charge on any atom is -0.350 e. The molecular weight excluding hydrogens is 450 g/mol. The topological polar surface area (TPSA) is 92.7 Å². The van der Waals surface area contributed by atoms with Crippen LogP contribution < -0.4 is 10.9 Å². The fourth-order valence-electron chi connectivity index (χ4n) is 6.67. The third-order valence-corrected chi connectivity index (χ3v) is 8.38. The van der Waals surface area contributed by atoms with E-state index in [9.17, 15) is 9.59 Å². The summed E-state index contributed by atoms with van der Waals surface area (Å²) in [7, 11) is 1.92. The first-order valence-electron chi connectivity index (χ1n) is 12.6. The smallest absolute Gasteiger partial charge is 0.272 e. The Morgan fingerprint density at radius 3 is 2.67 bits per heavy atom. The van der Waals surface area contributed by atoms with Gasteiger partial charge in [-0.25, -0.2) is 5.10 Å². The number of amides is 1. The van der Waals surface area contributed by atoms with Crippen LogP contribution in [0, 0.1) is 5.41 Å². The number of H-pyrrole nitrogens is 1. The number of hydrogen-bond acceptors (Lipinski definition) is 4. The van der Waals surface area contributed by atoms with Crippen LogP contribution in [0.25, 0.3) is 28.0 Å². The Balaban J connectivity index is 0.986. The number of benzene rings is 2. The number of aromatic nitrogens is 4. The van der Waals surface area contributed by atoms with Crippen LogP contribution in [0.5, 0.6) is 0 Å². The largest absolute Gasteiger partial charge is 0.350 e. The van der Waals surface area contributed by atoms with Gasteiger partial charge >= 0.3 is 0 Å². The van der Waals surface area contributed by atoms with Crippen molar-refractivity contribution in [3.8, 4) is 11.1 Å². The van der Waals surface area contributed by atoms with E-state index in [1.54, 1.807) is 4.68 Å². The van der Waals surface area contributed by atoms with Crippen molar-refractivity contribution in [1.29, 1.82) is 0 Å². The van der Waals surface area contributed by atoms with E-state index in [0.29, 0.717) is 23.1 Å². The van der Waals surface area contributed by atoms with E-state index in [1.165, 1.54) is 5.56 Å². The zero-order valence-corrected chi connectivity index (χ0v) is 20.1. The summed E-state index contributed by atoms with van der Waals surface area (Å²) in [5.41, 5.74) is 6.53. The molecule has 36 heavy (non-hydrogen) atoms. The molecule has 0 radical (unpaired) electrons. The predicted molar refractivity (Wildman–Crippen MR) is 138 cm³/mol. The monoisotopic (exact) mass is 477 g/mol. The zero-order valence-electron chi connectivity index (χ0n) is 20.1. The van der Waals surface area contributed by atoms with E-state index in [-0.39, 0.29) is 17.5 Å². The molecule has 0 aliphatic heterocycles. The van der Waals surface area contributed by atoms with E-state index in [1.807, 2.05) is 55.8 Å². The lowest BCUT2D eigenvalue weighted by atomic mass is 9.49. The molecule has 0 unspecified atom stereocenters. The Hall–Kier alpha value is -4.00. The first-order valence-corrected chi connectivity index (χ1v) is 12.6. The highest BCUT2D eigenvalue weighted by atomic mass is 16.1. The lowest BCUT2D eigenvalue weighted by molar-refractivity contribution is -0.121. The Labute approximate surface area is 208 Å². The number of nitrogens with one attached hydrogen (secondary N) is 2. The number of fused-ring (bicyclic) bond motifs is 2. The van der Waals surface area contributed by atoms with Crippen molar-refractivity contribution >= 4 is 22.8 Å². The van der Waals surface area contributed by atoms with Crippen molar-refractivity contribution in [2.24, 2.45) is 12.5 Å². The van der Waals surface area contributed by atoms with Gasteiger partial charge in [0, 0.05) is 48.1 Å². The highest BCUT2D eigenvalue weighted by molar-refractivity contribution is 6.01. The Morgan fingerprint density at radius 2 is 1.89 bits per heavy atom. The first kappa shape index (κ1) is 21.3. The molecule has 2 aromatic carbocycles. The SMILES string of the molecule is Cn1cc(-c2cccc3c2CC(C(=O)NC2CC4(C2)CC(c2n[nH]c(=O)c5ccccc25)C4)=C3)cn1. The molecule has 1 amide bonds. The molecule has 4 aromatic rings. The number of rotatable bonds is 4. The molecule has 2 aromatic heterocycles. The van der Waals surface area contributed by atoms with Crippen LogP contribution in [-0.2, 0) is 18.3 Å². The van der Waals surface area contributed by atoms with E-state index in [2.05, 4.69) is 32.7 Å². The molecule has 7 nitrogen and oxygen atoms in total. The molecule has 2 saturated carbocycles. The van der Waals surface area contributed by atoms with Gasteiger partial charge in [-0.05, 0) is 59.9 Å². The molecule has 3 aliphatic rings. The third-order valence-electron chi connectivity index (χ3n) is 8.38. The third kappa shape index (κ3) is 3.33. The fraction of sp³-hybridized carbons (Fsp3) is 0.310. The molecule has 0 atom stereocenters. The summed E-state index contributed by atoms with van der Waals surface area (Å²) in [4.78, 5) is 25.2. The highest BCUT2D eigenvalue weighted by Crippen LogP contribution is 2.62. The average Bonchev–Trinajstić information content (AvgIpc) is 3.47. The van der Waals surface area contributed by atoms with E-state index >= 15 is 0 Å². The lowest BCUT2D eigenvalue weighted by Crippen LogP contribution is -2.56. The summed E-state index contributed by atoms with van der Waals surface area (Å²) in [5.74, 6) is 0.411. The number of hydrogen-bond donors (Lipinski definition) is 2. The lowest BCUT2D eigenvalue weighted by Gasteiger charge is -2.57. The van der Waals surface area contributed by atoms with Crippen molar-refractivity contribution in [3.63, 3.8) is 0 Å². The first-order chi connectivity index (χ1) is 17.5. The maximum atomic E-state index is 13.1. The van der Waals surface area contributed by atoms with E-state index in [4.69, 9.17) is 0 Å². The molecule has 2 fully saturated rings. The molecular formula is C29H27N5O2. The van der Waals surface area contributed by atoms with Gasteiger partial charge in [0.15, 0.2) is 0 Å². The number of carbonyl (C=O) groups is 1. The maximum Gasteiger partial charge on any atom is 0.272 e. The van der Waals surface area contributed by atoms with Crippen LogP contribution in [0.3, 0.4) is 0 Å². The quantitative estimate of drug-likeness (QED) is 0.463. The summed E-state index contributed by atoms with van der Waals surface area (Å²) in [6.07, 6.45) is 10.7. The van der Waals surface area contributed by atoms with E-state index in [0.717, 1.165) is 59.0 Å². The van der Waals surface area contributed by atoms with Crippen LogP contribution >= 0.6 is 0 Å². The normalized spacial score (nSPS) is 24.2. The molecule has 7 heteroatoms. The van der Waals surface area contributed by atoms with Crippen LogP contribution in [0.4, 0.5) is 0 Å². The number of nitrogens with zero attached hydrogens (tertiary/aromatic N) is 3. The van der Waals surface area contributed by atoms with Gasteiger partial charge in [-0.1, -0.05) is 36.4 Å². The van der Waals surface area contributed by atoms with Crippen LogP contribution in [0.15, 0.2) is 65.2 Å². The minimum absolute atomic E-state index is 0.0485. The Kier molecular flexibility index (Phi) is 4.58. The Morgan fingerprint density at radius 1 is 1.08 bits per heavy atom.